The van der Waals surface area contributed by atoms with Crippen molar-refractivity contribution >= 4 is 17.2 Å². The Labute approximate surface area is 123 Å². The molecule has 1 heterocycles. The van der Waals surface area contributed by atoms with E-state index in [4.69, 9.17) is 10.5 Å². The maximum absolute atomic E-state index is 11.8. The topological polar surface area (TPSA) is 77.2 Å². The lowest BCUT2D eigenvalue weighted by molar-refractivity contribution is 0.0241. The van der Waals surface area contributed by atoms with Crippen LogP contribution in [0.25, 0.3) is 0 Å². The third-order valence-electron chi connectivity index (χ3n) is 3.52. The highest BCUT2D eigenvalue weighted by Gasteiger charge is 2.18. The molecule has 0 bridgehead atoms. The Morgan fingerprint density at radius 1 is 1.50 bits per heavy atom. The third-order valence-corrected chi connectivity index (χ3v) is 4.44. The van der Waals surface area contributed by atoms with Gasteiger partial charge in [-0.3, -0.25) is 4.79 Å². The molecule has 6 heteroatoms. The fourth-order valence-electron chi connectivity index (χ4n) is 2.33. The van der Waals surface area contributed by atoms with E-state index in [1.54, 1.807) is 6.20 Å². The van der Waals surface area contributed by atoms with Gasteiger partial charge in [0.15, 0.2) is 0 Å². The van der Waals surface area contributed by atoms with Gasteiger partial charge in [0.1, 0.15) is 4.88 Å². The Hall–Kier alpha value is -0.980. The number of aryl methyl sites for hydroxylation is 1. The van der Waals surface area contributed by atoms with Gasteiger partial charge in [-0.05, 0) is 39.0 Å². The van der Waals surface area contributed by atoms with Gasteiger partial charge in [-0.2, -0.15) is 0 Å². The molecule has 1 aromatic heterocycles. The molecule has 5 nitrogen and oxygen atoms in total. The highest BCUT2D eigenvalue weighted by atomic mass is 32.1. The summed E-state index contributed by atoms with van der Waals surface area (Å²) in [4.78, 5) is 16.5. The number of nitrogens with one attached hydrogen (secondary N) is 1. The van der Waals surface area contributed by atoms with Gasteiger partial charge < -0.3 is 15.8 Å². The van der Waals surface area contributed by atoms with Crippen molar-refractivity contribution < 1.29 is 9.53 Å². The van der Waals surface area contributed by atoms with E-state index < -0.39 is 0 Å². The number of carbonyl (C=O) groups excluding carboxylic acids is 1. The first-order valence-electron chi connectivity index (χ1n) is 7.23. The van der Waals surface area contributed by atoms with E-state index >= 15 is 0 Å². The molecule has 1 saturated carbocycles. The summed E-state index contributed by atoms with van der Waals surface area (Å²) in [6.07, 6.45) is 7.07. The van der Waals surface area contributed by atoms with E-state index in [-0.39, 0.29) is 5.91 Å². The molecule has 0 atom stereocenters. The molecule has 112 valence electrons. The summed E-state index contributed by atoms with van der Waals surface area (Å²) in [5, 5.41) is 3.80. The minimum Gasteiger partial charge on any atom is -0.378 e. The lowest BCUT2D eigenvalue weighted by Crippen LogP contribution is -2.31. The molecule has 1 aliphatic rings. The van der Waals surface area contributed by atoms with Crippen LogP contribution in [0.4, 0.5) is 0 Å². The number of nitrogens with zero attached hydrogens (tertiary/aromatic N) is 1. The Bertz CT molecular complexity index is 428. The SMILES string of the molecule is Cc1ncc(C(=O)NCCCOC2CCC(N)CC2)s1. The van der Waals surface area contributed by atoms with Crippen LogP contribution < -0.4 is 11.1 Å². The molecule has 20 heavy (non-hydrogen) atoms. The second-order valence-electron chi connectivity index (χ2n) is 5.26. The smallest absolute Gasteiger partial charge is 0.263 e. The second kappa shape index (κ2) is 7.71. The number of hydrogen-bond donors (Lipinski definition) is 2. The van der Waals surface area contributed by atoms with Gasteiger partial charge in [0.2, 0.25) is 0 Å². The van der Waals surface area contributed by atoms with Crippen molar-refractivity contribution in [3.05, 3.63) is 16.1 Å². The summed E-state index contributed by atoms with van der Waals surface area (Å²) < 4.78 is 5.81. The molecule has 2 rings (SSSR count). The number of nitrogens with two attached hydrogens (primary N) is 1. The number of carbonyl (C=O) groups is 1. The molecule has 1 aliphatic carbocycles. The average molecular weight is 297 g/mol. The Balaban J connectivity index is 1.54. The van der Waals surface area contributed by atoms with Crippen LogP contribution in [0.1, 0.15) is 46.8 Å². The number of aromatic nitrogens is 1. The number of amides is 1. The normalized spacial score (nSPS) is 22.7. The fourth-order valence-corrected chi connectivity index (χ4v) is 3.03. The molecular weight excluding hydrogens is 274 g/mol. The van der Waals surface area contributed by atoms with Crippen LogP contribution in [0.2, 0.25) is 0 Å². The molecule has 0 saturated heterocycles. The number of hydrogen-bond acceptors (Lipinski definition) is 5. The van der Waals surface area contributed by atoms with E-state index in [0.29, 0.717) is 30.2 Å². The number of rotatable bonds is 6. The second-order valence-corrected chi connectivity index (χ2v) is 6.50. The Kier molecular flexibility index (Phi) is 5.94. The highest BCUT2D eigenvalue weighted by Crippen LogP contribution is 2.19. The van der Waals surface area contributed by atoms with Crippen molar-refractivity contribution in [2.24, 2.45) is 5.73 Å². The van der Waals surface area contributed by atoms with Crippen molar-refractivity contribution in [2.45, 2.75) is 51.2 Å². The minimum absolute atomic E-state index is 0.0424. The van der Waals surface area contributed by atoms with Gasteiger partial charge in [0, 0.05) is 19.2 Å². The quantitative estimate of drug-likeness (QED) is 0.786. The van der Waals surface area contributed by atoms with E-state index in [0.717, 1.165) is 37.1 Å². The van der Waals surface area contributed by atoms with Crippen LogP contribution in [-0.4, -0.2) is 36.2 Å². The van der Waals surface area contributed by atoms with Crippen LogP contribution in [0.5, 0.6) is 0 Å². The molecule has 0 unspecified atom stereocenters. The van der Waals surface area contributed by atoms with E-state index in [1.165, 1.54) is 11.3 Å². The van der Waals surface area contributed by atoms with Crippen LogP contribution in [0.15, 0.2) is 6.20 Å². The lowest BCUT2D eigenvalue weighted by Gasteiger charge is -2.26. The zero-order valence-corrected chi connectivity index (χ0v) is 12.7. The Morgan fingerprint density at radius 3 is 2.90 bits per heavy atom. The van der Waals surface area contributed by atoms with E-state index in [9.17, 15) is 4.79 Å². The fraction of sp³-hybridized carbons (Fsp3) is 0.714. The molecule has 0 radical (unpaired) electrons. The highest BCUT2D eigenvalue weighted by molar-refractivity contribution is 7.13. The van der Waals surface area contributed by atoms with Gasteiger partial charge in [0.25, 0.3) is 5.91 Å². The van der Waals surface area contributed by atoms with Gasteiger partial charge in [-0.25, -0.2) is 4.98 Å². The number of ether oxygens (including phenoxy) is 1. The summed E-state index contributed by atoms with van der Waals surface area (Å²) >= 11 is 1.42. The summed E-state index contributed by atoms with van der Waals surface area (Å²) in [6, 6.07) is 0.358. The van der Waals surface area contributed by atoms with Gasteiger partial charge in [0.05, 0.1) is 17.3 Å². The standard InChI is InChI=1S/C14H23N3O2S/c1-10-17-9-13(20-10)14(18)16-7-2-8-19-12-5-3-11(15)4-6-12/h9,11-12H,2-8,15H2,1H3,(H,16,18). The number of thiazole rings is 1. The van der Waals surface area contributed by atoms with Gasteiger partial charge in [-0.1, -0.05) is 0 Å². The third kappa shape index (κ3) is 4.85. The lowest BCUT2D eigenvalue weighted by atomic mass is 9.94. The Morgan fingerprint density at radius 2 is 2.25 bits per heavy atom. The van der Waals surface area contributed by atoms with Crippen LogP contribution in [-0.2, 0) is 4.74 Å². The van der Waals surface area contributed by atoms with Crippen molar-refractivity contribution in [1.82, 2.24) is 10.3 Å². The minimum atomic E-state index is -0.0424. The molecule has 0 spiro atoms. The molecule has 0 aliphatic heterocycles. The van der Waals surface area contributed by atoms with E-state index in [1.807, 2.05) is 6.92 Å². The molecular formula is C14H23N3O2S. The van der Waals surface area contributed by atoms with Gasteiger partial charge >= 0.3 is 0 Å². The molecule has 1 amide bonds. The molecule has 1 fully saturated rings. The predicted molar refractivity (Wildman–Crippen MR) is 80.0 cm³/mol. The first kappa shape index (κ1) is 15.4. The first-order chi connectivity index (χ1) is 9.65. The summed E-state index contributed by atoms with van der Waals surface area (Å²) in [6.45, 7) is 3.23. The van der Waals surface area contributed by atoms with Crippen molar-refractivity contribution in [1.29, 1.82) is 0 Å². The molecule has 1 aromatic rings. The van der Waals surface area contributed by atoms with Gasteiger partial charge in [-0.15, -0.1) is 11.3 Å². The van der Waals surface area contributed by atoms with Crippen molar-refractivity contribution in [3.8, 4) is 0 Å². The largest absolute Gasteiger partial charge is 0.378 e. The maximum atomic E-state index is 11.8. The monoisotopic (exact) mass is 297 g/mol. The predicted octanol–water partition coefficient (Wildman–Crippen LogP) is 1.86. The zero-order valence-electron chi connectivity index (χ0n) is 11.9. The van der Waals surface area contributed by atoms with Crippen molar-refractivity contribution in [2.75, 3.05) is 13.2 Å². The van der Waals surface area contributed by atoms with Crippen molar-refractivity contribution in [3.63, 3.8) is 0 Å². The molecule has 0 aromatic carbocycles. The van der Waals surface area contributed by atoms with E-state index in [2.05, 4.69) is 10.3 Å². The first-order valence-corrected chi connectivity index (χ1v) is 8.04. The zero-order chi connectivity index (χ0) is 14.4. The van der Waals surface area contributed by atoms with Crippen LogP contribution in [0, 0.1) is 6.92 Å². The summed E-state index contributed by atoms with van der Waals surface area (Å²) in [5.41, 5.74) is 5.86. The summed E-state index contributed by atoms with van der Waals surface area (Å²) in [5.74, 6) is -0.0424. The van der Waals surface area contributed by atoms with Crippen LogP contribution >= 0.6 is 11.3 Å². The summed E-state index contributed by atoms with van der Waals surface area (Å²) in [7, 11) is 0. The molecule has 3 N–H and O–H groups in total. The van der Waals surface area contributed by atoms with Crippen LogP contribution in [0.3, 0.4) is 0 Å². The average Bonchev–Trinajstić information content (AvgIpc) is 2.87. The maximum Gasteiger partial charge on any atom is 0.263 e.